The molecule has 1 aliphatic carbocycles. The molecule has 1 rings (SSSR count). The van der Waals surface area contributed by atoms with Crippen LogP contribution in [-0.4, -0.2) is 24.6 Å². The van der Waals surface area contributed by atoms with Crippen molar-refractivity contribution in [2.45, 2.75) is 45.6 Å². The summed E-state index contributed by atoms with van der Waals surface area (Å²) in [4.78, 5) is 23.0. The van der Waals surface area contributed by atoms with Gasteiger partial charge in [0, 0.05) is 0 Å². The SMILES string of the molecule is COC(=O)C1CCC(C(=O)OC(C)(C)C)C1. The third-order valence-corrected chi connectivity index (χ3v) is 2.71. The van der Waals surface area contributed by atoms with Crippen molar-refractivity contribution in [1.82, 2.24) is 0 Å². The summed E-state index contributed by atoms with van der Waals surface area (Å²) in [5.41, 5.74) is -0.458. The second-order valence-corrected chi connectivity index (χ2v) is 5.26. The van der Waals surface area contributed by atoms with Gasteiger partial charge in [0.2, 0.25) is 0 Å². The van der Waals surface area contributed by atoms with Gasteiger partial charge in [-0.2, -0.15) is 0 Å². The monoisotopic (exact) mass is 228 g/mol. The lowest BCUT2D eigenvalue weighted by atomic mass is 10.0. The third-order valence-electron chi connectivity index (χ3n) is 2.71. The molecule has 0 radical (unpaired) electrons. The molecule has 0 aliphatic heterocycles. The highest BCUT2D eigenvalue weighted by Gasteiger charge is 2.36. The highest BCUT2D eigenvalue weighted by molar-refractivity contribution is 5.77. The van der Waals surface area contributed by atoms with Gasteiger partial charge >= 0.3 is 11.9 Å². The summed E-state index contributed by atoms with van der Waals surface area (Å²) in [5, 5.41) is 0. The van der Waals surface area contributed by atoms with Gasteiger partial charge in [0.1, 0.15) is 5.60 Å². The largest absolute Gasteiger partial charge is 0.469 e. The molecule has 4 heteroatoms. The van der Waals surface area contributed by atoms with Crippen molar-refractivity contribution in [3.05, 3.63) is 0 Å². The molecule has 0 N–H and O–H groups in total. The highest BCUT2D eigenvalue weighted by atomic mass is 16.6. The van der Waals surface area contributed by atoms with Gasteiger partial charge in [-0.1, -0.05) is 0 Å². The van der Waals surface area contributed by atoms with E-state index in [0.29, 0.717) is 12.8 Å². The predicted molar refractivity (Wildman–Crippen MR) is 58.7 cm³/mol. The van der Waals surface area contributed by atoms with Crippen molar-refractivity contribution >= 4 is 11.9 Å². The highest BCUT2D eigenvalue weighted by Crippen LogP contribution is 2.33. The molecule has 0 bridgehead atoms. The van der Waals surface area contributed by atoms with Gasteiger partial charge in [-0.25, -0.2) is 0 Å². The van der Waals surface area contributed by atoms with Gasteiger partial charge in [-0.05, 0) is 40.0 Å². The molecule has 0 heterocycles. The lowest BCUT2D eigenvalue weighted by molar-refractivity contribution is -0.159. The fourth-order valence-electron chi connectivity index (χ4n) is 1.96. The molecule has 2 unspecified atom stereocenters. The van der Waals surface area contributed by atoms with E-state index in [0.717, 1.165) is 6.42 Å². The minimum atomic E-state index is -0.458. The van der Waals surface area contributed by atoms with Gasteiger partial charge in [0.05, 0.1) is 18.9 Å². The topological polar surface area (TPSA) is 52.6 Å². The maximum Gasteiger partial charge on any atom is 0.309 e. The first kappa shape index (κ1) is 13.0. The summed E-state index contributed by atoms with van der Waals surface area (Å²) in [7, 11) is 1.38. The van der Waals surface area contributed by atoms with E-state index in [1.54, 1.807) is 0 Å². The zero-order chi connectivity index (χ0) is 12.3. The fraction of sp³-hybridized carbons (Fsp3) is 0.833. The van der Waals surface area contributed by atoms with Gasteiger partial charge in [-0.15, -0.1) is 0 Å². The molecule has 0 aromatic carbocycles. The Morgan fingerprint density at radius 3 is 2.00 bits per heavy atom. The molecule has 1 saturated carbocycles. The van der Waals surface area contributed by atoms with Crippen LogP contribution in [0.3, 0.4) is 0 Å². The zero-order valence-electron chi connectivity index (χ0n) is 10.4. The molecular formula is C12H20O4. The van der Waals surface area contributed by atoms with Crippen LogP contribution >= 0.6 is 0 Å². The Labute approximate surface area is 96.3 Å². The minimum Gasteiger partial charge on any atom is -0.469 e. The number of esters is 2. The smallest absolute Gasteiger partial charge is 0.309 e. The van der Waals surface area contributed by atoms with Crippen LogP contribution in [0.1, 0.15) is 40.0 Å². The quantitative estimate of drug-likeness (QED) is 0.677. The number of hydrogen-bond donors (Lipinski definition) is 0. The van der Waals surface area contributed by atoms with E-state index in [1.807, 2.05) is 20.8 Å². The Morgan fingerprint density at radius 1 is 1.06 bits per heavy atom. The van der Waals surface area contributed by atoms with E-state index < -0.39 is 5.60 Å². The van der Waals surface area contributed by atoms with Crippen molar-refractivity contribution < 1.29 is 19.1 Å². The molecule has 1 aliphatic rings. The van der Waals surface area contributed by atoms with E-state index in [4.69, 9.17) is 4.74 Å². The van der Waals surface area contributed by atoms with E-state index >= 15 is 0 Å². The fourth-order valence-corrected chi connectivity index (χ4v) is 1.96. The molecule has 16 heavy (non-hydrogen) atoms. The second-order valence-electron chi connectivity index (χ2n) is 5.26. The van der Waals surface area contributed by atoms with Crippen molar-refractivity contribution in [3.63, 3.8) is 0 Å². The number of methoxy groups -OCH3 is 1. The molecule has 0 aromatic heterocycles. The number of ether oxygens (including phenoxy) is 2. The van der Waals surface area contributed by atoms with Crippen LogP contribution < -0.4 is 0 Å². The molecule has 0 saturated heterocycles. The van der Waals surface area contributed by atoms with Crippen LogP contribution in [-0.2, 0) is 19.1 Å². The Hall–Kier alpha value is -1.06. The summed E-state index contributed by atoms with van der Waals surface area (Å²) in [6.45, 7) is 5.53. The van der Waals surface area contributed by atoms with Crippen molar-refractivity contribution in [2.24, 2.45) is 11.8 Å². The summed E-state index contributed by atoms with van der Waals surface area (Å²) in [6, 6.07) is 0. The maximum absolute atomic E-state index is 11.7. The molecule has 0 aromatic rings. The Morgan fingerprint density at radius 2 is 1.56 bits per heavy atom. The average molecular weight is 228 g/mol. The molecule has 0 amide bonds. The number of carbonyl (C=O) groups is 2. The second kappa shape index (κ2) is 4.85. The first-order valence-electron chi connectivity index (χ1n) is 5.64. The van der Waals surface area contributed by atoms with Gasteiger partial charge in [0.15, 0.2) is 0 Å². The Bertz CT molecular complexity index is 277. The van der Waals surface area contributed by atoms with Gasteiger partial charge < -0.3 is 9.47 Å². The summed E-state index contributed by atoms with van der Waals surface area (Å²) in [5.74, 6) is -0.698. The standard InChI is InChI=1S/C12H20O4/c1-12(2,3)16-11(14)9-6-5-8(7-9)10(13)15-4/h8-9H,5-7H2,1-4H3. The lowest BCUT2D eigenvalue weighted by Gasteiger charge is -2.21. The zero-order valence-corrected chi connectivity index (χ0v) is 10.4. The Balaban J connectivity index is 2.47. The molecular weight excluding hydrogens is 208 g/mol. The van der Waals surface area contributed by atoms with E-state index in [1.165, 1.54) is 7.11 Å². The predicted octanol–water partition coefficient (Wildman–Crippen LogP) is 1.92. The first-order valence-corrected chi connectivity index (χ1v) is 5.64. The van der Waals surface area contributed by atoms with E-state index in [-0.39, 0.29) is 23.8 Å². The van der Waals surface area contributed by atoms with Crippen LogP contribution in [0, 0.1) is 11.8 Å². The number of rotatable bonds is 2. The van der Waals surface area contributed by atoms with Crippen LogP contribution in [0.4, 0.5) is 0 Å². The average Bonchev–Trinajstić information content (AvgIpc) is 2.62. The van der Waals surface area contributed by atoms with E-state index in [2.05, 4.69) is 4.74 Å². The van der Waals surface area contributed by atoms with Crippen LogP contribution in [0.15, 0.2) is 0 Å². The summed E-state index contributed by atoms with van der Waals surface area (Å²) < 4.78 is 9.96. The Kier molecular flexibility index (Phi) is 3.94. The molecule has 0 spiro atoms. The lowest BCUT2D eigenvalue weighted by Crippen LogP contribution is -2.28. The van der Waals surface area contributed by atoms with Crippen molar-refractivity contribution in [1.29, 1.82) is 0 Å². The van der Waals surface area contributed by atoms with E-state index in [9.17, 15) is 9.59 Å². The number of carbonyl (C=O) groups excluding carboxylic acids is 2. The summed E-state index contributed by atoms with van der Waals surface area (Å²) >= 11 is 0. The van der Waals surface area contributed by atoms with Crippen molar-refractivity contribution in [3.8, 4) is 0 Å². The normalized spacial score (nSPS) is 25.2. The molecule has 4 nitrogen and oxygen atoms in total. The third kappa shape index (κ3) is 3.51. The maximum atomic E-state index is 11.7. The van der Waals surface area contributed by atoms with Crippen LogP contribution in [0.25, 0.3) is 0 Å². The minimum absolute atomic E-state index is 0.137. The number of hydrogen-bond acceptors (Lipinski definition) is 4. The molecule has 2 atom stereocenters. The van der Waals surface area contributed by atoms with Crippen LogP contribution in [0.5, 0.6) is 0 Å². The molecule has 92 valence electrons. The first-order chi connectivity index (χ1) is 7.33. The van der Waals surface area contributed by atoms with Gasteiger partial charge in [0.25, 0.3) is 0 Å². The van der Waals surface area contributed by atoms with Gasteiger partial charge in [-0.3, -0.25) is 9.59 Å². The molecule has 1 fully saturated rings. The summed E-state index contributed by atoms with van der Waals surface area (Å²) in [6.07, 6.45) is 1.99. The van der Waals surface area contributed by atoms with Crippen LogP contribution in [0.2, 0.25) is 0 Å². The van der Waals surface area contributed by atoms with Crippen molar-refractivity contribution in [2.75, 3.05) is 7.11 Å².